The summed E-state index contributed by atoms with van der Waals surface area (Å²) in [5.74, 6) is 2.68. The number of anilines is 1. The van der Waals surface area contributed by atoms with Crippen LogP contribution in [0.2, 0.25) is 0 Å². The maximum Gasteiger partial charge on any atom is 0.239 e. The first-order chi connectivity index (χ1) is 13.6. The molecule has 166 valence electrons. The highest BCUT2D eigenvalue weighted by Gasteiger charge is 2.40. The Bertz CT molecular complexity index is 883. The zero-order valence-corrected chi connectivity index (χ0v) is 19.2. The molecule has 2 aliphatic heterocycles. The summed E-state index contributed by atoms with van der Waals surface area (Å²) in [5, 5.41) is 8.95. The van der Waals surface area contributed by atoms with Crippen LogP contribution in [0.4, 0.5) is 5.82 Å². The molecule has 10 heteroatoms. The number of fused-ring (bicyclic) bond motifs is 2. The van der Waals surface area contributed by atoms with Crippen molar-refractivity contribution in [2.45, 2.75) is 51.1 Å². The van der Waals surface area contributed by atoms with Crippen LogP contribution in [0.25, 0.3) is 11.0 Å². The lowest BCUT2D eigenvalue weighted by Crippen LogP contribution is -2.53. The number of piperazine rings is 1. The summed E-state index contributed by atoms with van der Waals surface area (Å²) < 4.78 is 1.79. The molecule has 30 heavy (non-hydrogen) atoms. The SMILES string of the molecule is Cc1nc(N2CCN(C(=O)C3CC4CCCCC4N3)CC2)c2cnn(C)c2n1.Cl.Cl. The molecule has 4 heterocycles. The second-order valence-corrected chi connectivity index (χ2v) is 8.52. The van der Waals surface area contributed by atoms with Gasteiger partial charge >= 0.3 is 0 Å². The third-order valence-corrected chi connectivity index (χ3v) is 6.74. The number of hydrogen-bond donors (Lipinski definition) is 1. The van der Waals surface area contributed by atoms with Gasteiger partial charge in [-0.3, -0.25) is 9.48 Å². The number of rotatable bonds is 2. The van der Waals surface area contributed by atoms with Crippen LogP contribution in [0.1, 0.15) is 37.9 Å². The molecular formula is C20H31Cl2N7O. The van der Waals surface area contributed by atoms with Crippen molar-refractivity contribution in [2.75, 3.05) is 31.1 Å². The van der Waals surface area contributed by atoms with E-state index in [1.165, 1.54) is 25.7 Å². The van der Waals surface area contributed by atoms with E-state index in [1.54, 1.807) is 4.68 Å². The predicted molar refractivity (Wildman–Crippen MR) is 122 cm³/mol. The van der Waals surface area contributed by atoms with Crippen LogP contribution in [0.5, 0.6) is 0 Å². The molecule has 3 aliphatic rings. The monoisotopic (exact) mass is 455 g/mol. The quantitative estimate of drug-likeness (QED) is 0.746. The highest BCUT2D eigenvalue weighted by atomic mass is 35.5. The fraction of sp³-hybridized carbons (Fsp3) is 0.700. The van der Waals surface area contributed by atoms with E-state index >= 15 is 0 Å². The number of halogens is 2. The number of amides is 1. The molecule has 3 unspecified atom stereocenters. The van der Waals surface area contributed by atoms with Crippen molar-refractivity contribution in [3.63, 3.8) is 0 Å². The van der Waals surface area contributed by atoms with E-state index < -0.39 is 0 Å². The van der Waals surface area contributed by atoms with Crippen LogP contribution < -0.4 is 10.2 Å². The molecule has 3 atom stereocenters. The molecule has 0 aromatic carbocycles. The fourth-order valence-electron chi connectivity index (χ4n) is 5.22. The minimum absolute atomic E-state index is 0. The van der Waals surface area contributed by atoms with Gasteiger partial charge in [0.1, 0.15) is 11.6 Å². The van der Waals surface area contributed by atoms with Gasteiger partial charge in [0, 0.05) is 39.3 Å². The number of carbonyl (C=O) groups is 1. The second-order valence-electron chi connectivity index (χ2n) is 8.52. The van der Waals surface area contributed by atoms with Gasteiger partial charge < -0.3 is 15.1 Å². The molecule has 1 N–H and O–H groups in total. The summed E-state index contributed by atoms with van der Waals surface area (Å²) in [6.45, 7) is 5.01. The van der Waals surface area contributed by atoms with Crippen LogP contribution in [0.3, 0.4) is 0 Å². The molecule has 0 bridgehead atoms. The Morgan fingerprint density at radius 1 is 1.10 bits per heavy atom. The first-order valence-electron chi connectivity index (χ1n) is 10.6. The van der Waals surface area contributed by atoms with Gasteiger partial charge in [0.25, 0.3) is 0 Å². The minimum Gasteiger partial charge on any atom is -0.352 e. The Morgan fingerprint density at radius 3 is 2.57 bits per heavy atom. The highest BCUT2D eigenvalue weighted by Crippen LogP contribution is 2.34. The van der Waals surface area contributed by atoms with Gasteiger partial charge in [-0.1, -0.05) is 12.8 Å². The summed E-state index contributed by atoms with van der Waals surface area (Å²) in [6, 6.07) is 0.581. The summed E-state index contributed by atoms with van der Waals surface area (Å²) in [7, 11) is 1.90. The predicted octanol–water partition coefficient (Wildman–Crippen LogP) is 2.08. The third-order valence-electron chi connectivity index (χ3n) is 6.74. The molecule has 1 aliphatic carbocycles. The van der Waals surface area contributed by atoms with Gasteiger partial charge in [-0.25, -0.2) is 9.97 Å². The molecule has 3 fully saturated rings. The van der Waals surface area contributed by atoms with Gasteiger partial charge in [-0.2, -0.15) is 5.10 Å². The van der Waals surface area contributed by atoms with Gasteiger partial charge in [-0.05, 0) is 32.1 Å². The molecule has 5 rings (SSSR count). The number of carbonyl (C=O) groups excluding carboxylic acids is 1. The average Bonchev–Trinajstić information content (AvgIpc) is 3.31. The first-order valence-corrected chi connectivity index (χ1v) is 10.6. The van der Waals surface area contributed by atoms with E-state index in [1.807, 2.05) is 25.1 Å². The number of aromatic nitrogens is 4. The van der Waals surface area contributed by atoms with Crippen LogP contribution in [0, 0.1) is 12.8 Å². The van der Waals surface area contributed by atoms with E-state index in [0.717, 1.165) is 55.3 Å². The lowest BCUT2D eigenvalue weighted by Gasteiger charge is -2.36. The Kier molecular flexibility index (Phi) is 7.09. The zero-order valence-electron chi connectivity index (χ0n) is 17.6. The van der Waals surface area contributed by atoms with Crippen LogP contribution >= 0.6 is 24.8 Å². The molecule has 2 aromatic heterocycles. The zero-order chi connectivity index (χ0) is 19.3. The Morgan fingerprint density at radius 2 is 1.83 bits per heavy atom. The second kappa shape index (κ2) is 9.24. The van der Waals surface area contributed by atoms with Crippen molar-refractivity contribution in [2.24, 2.45) is 13.0 Å². The van der Waals surface area contributed by atoms with E-state index in [2.05, 4.69) is 25.3 Å². The highest BCUT2D eigenvalue weighted by molar-refractivity contribution is 5.87. The fourth-order valence-corrected chi connectivity index (χ4v) is 5.22. The van der Waals surface area contributed by atoms with Crippen molar-refractivity contribution in [3.05, 3.63) is 12.0 Å². The summed E-state index contributed by atoms with van der Waals surface area (Å²) in [5.41, 5.74) is 0.860. The molecule has 0 spiro atoms. The number of nitrogens with one attached hydrogen (secondary N) is 1. The van der Waals surface area contributed by atoms with Crippen molar-refractivity contribution in [1.82, 2.24) is 30.0 Å². The Labute approximate surface area is 189 Å². The Hall–Kier alpha value is -1.64. The van der Waals surface area contributed by atoms with Crippen LogP contribution in [0.15, 0.2) is 6.20 Å². The van der Waals surface area contributed by atoms with Crippen LogP contribution in [-0.2, 0) is 11.8 Å². The molecule has 1 saturated carbocycles. The lowest BCUT2D eigenvalue weighted by atomic mass is 9.85. The topological polar surface area (TPSA) is 79.2 Å². The average molecular weight is 456 g/mol. The maximum atomic E-state index is 13.1. The van der Waals surface area contributed by atoms with Gasteiger partial charge in [0.2, 0.25) is 5.91 Å². The minimum atomic E-state index is 0. The van der Waals surface area contributed by atoms with E-state index in [-0.39, 0.29) is 30.9 Å². The van der Waals surface area contributed by atoms with Crippen molar-refractivity contribution in [3.8, 4) is 0 Å². The summed E-state index contributed by atoms with van der Waals surface area (Å²) in [6.07, 6.45) is 8.00. The van der Waals surface area contributed by atoms with Crippen LogP contribution in [-0.4, -0.2) is 68.8 Å². The smallest absolute Gasteiger partial charge is 0.239 e. The normalized spacial score (nSPS) is 26.1. The maximum absolute atomic E-state index is 13.1. The Balaban J connectivity index is 0.00000128. The van der Waals surface area contributed by atoms with Gasteiger partial charge in [0.15, 0.2) is 5.65 Å². The lowest BCUT2D eigenvalue weighted by molar-refractivity contribution is -0.133. The number of nitrogens with zero attached hydrogens (tertiary/aromatic N) is 6. The van der Waals surface area contributed by atoms with Crippen molar-refractivity contribution in [1.29, 1.82) is 0 Å². The summed E-state index contributed by atoms with van der Waals surface area (Å²) >= 11 is 0. The van der Waals surface area contributed by atoms with Gasteiger partial charge in [-0.15, -0.1) is 24.8 Å². The third kappa shape index (κ3) is 4.09. The van der Waals surface area contributed by atoms with Gasteiger partial charge in [0.05, 0.1) is 17.6 Å². The van der Waals surface area contributed by atoms with E-state index in [4.69, 9.17) is 0 Å². The van der Waals surface area contributed by atoms with Crippen molar-refractivity contribution >= 4 is 47.6 Å². The molecule has 1 amide bonds. The molecule has 8 nitrogen and oxygen atoms in total. The van der Waals surface area contributed by atoms with E-state index in [0.29, 0.717) is 17.9 Å². The molecular weight excluding hydrogens is 425 g/mol. The van der Waals surface area contributed by atoms with E-state index in [9.17, 15) is 4.79 Å². The number of aryl methyl sites for hydroxylation is 2. The molecule has 0 radical (unpaired) electrons. The number of hydrogen-bond acceptors (Lipinski definition) is 6. The largest absolute Gasteiger partial charge is 0.352 e. The van der Waals surface area contributed by atoms with Crippen molar-refractivity contribution < 1.29 is 4.79 Å². The molecule has 2 saturated heterocycles. The standard InChI is InChI=1S/C20H29N7O.2ClH/c1-13-22-18-15(12-21-25(18)2)19(23-13)26-7-9-27(10-8-26)20(28)17-11-14-5-3-4-6-16(14)24-17;;/h12,14,16-17,24H,3-11H2,1-2H3;2*1H. The summed E-state index contributed by atoms with van der Waals surface area (Å²) in [4.78, 5) is 26.6. The first kappa shape index (κ1) is 23.0. The molecule has 2 aromatic rings.